The molecule has 3 heteroatoms. The van der Waals surface area contributed by atoms with Gasteiger partial charge in [0.25, 0.3) is 0 Å². The Kier molecular flexibility index (Phi) is 3.36. The molecule has 2 aromatic rings. The van der Waals surface area contributed by atoms with Crippen LogP contribution in [0.25, 0.3) is 0 Å². The molecule has 0 unspecified atom stereocenters. The van der Waals surface area contributed by atoms with Gasteiger partial charge in [0.05, 0.1) is 12.1 Å². The summed E-state index contributed by atoms with van der Waals surface area (Å²) in [7, 11) is 0. The van der Waals surface area contributed by atoms with Crippen LogP contribution in [-0.4, -0.2) is 6.61 Å². The van der Waals surface area contributed by atoms with Crippen molar-refractivity contribution >= 4 is 17.3 Å². The van der Waals surface area contributed by atoms with Crippen molar-refractivity contribution in [3.05, 3.63) is 64.7 Å². The van der Waals surface area contributed by atoms with E-state index in [1.165, 1.54) is 12.0 Å². The number of halogens is 1. The van der Waals surface area contributed by atoms with Crippen molar-refractivity contribution in [3.8, 4) is 0 Å². The zero-order valence-electron chi connectivity index (χ0n) is 11.8. The first-order chi connectivity index (χ1) is 10.3. The van der Waals surface area contributed by atoms with Crippen LogP contribution in [-0.2, 0) is 4.74 Å². The van der Waals surface area contributed by atoms with Crippen LogP contribution in [0, 0.1) is 5.92 Å². The third kappa shape index (κ3) is 2.23. The summed E-state index contributed by atoms with van der Waals surface area (Å²) >= 11 is 6.44. The predicted molar refractivity (Wildman–Crippen MR) is 85.7 cm³/mol. The lowest BCUT2D eigenvalue weighted by atomic mass is 9.77. The Hall–Kier alpha value is -1.51. The minimum atomic E-state index is 0.105. The summed E-state index contributed by atoms with van der Waals surface area (Å²) in [4.78, 5) is 0. The topological polar surface area (TPSA) is 21.3 Å². The second-order valence-corrected chi connectivity index (χ2v) is 6.24. The first-order valence-corrected chi connectivity index (χ1v) is 7.94. The van der Waals surface area contributed by atoms with Crippen LogP contribution in [0.4, 0.5) is 5.69 Å². The maximum absolute atomic E-state index is 6.44. The summed E-state index contributed by atoms with van der Waals surface area (Å²) in [6.45, 7) is 0.827. The van der Waals surface area contributed by atoms with E-state index >= 15 is 0 Å². The average Bonchev–Trinajstić information content (AvgIpc) is 2.55. The smallest absolute Gasteiger partial charge is 0.0910 e. The molecule has 1 fully saturated rings. The standard InChI is InChI=1S/C18H18ClNO/c19-14-9-4-10-15-16(14)18-13(8-5-11-21-18)17(20-15)12-6-2-1-3-7-12/h1-4,6-7,9-10,13,17-18,20H,5,8,11H2/t13-,17-,18-/m0/s1. The van der Waals surface area contributed by atoms with E-state index in [9.17, 15) is 0 Å². The van der Waals surface area contributed by atoms with Crippen molar-refractivity contribution in [2.45, 2.75) is 25.0 Å². The maximum Gasteiger partial charge on any atom is 0.0910 e. The lowest BCUT2D eigenvalue weighted by Gasteiger charge is -2.43. The third-order valence-electron chi connectivity index (χ3n) is 4.60. The largest absolute Gasteiger partial charge is 0.377 e. The molecule has 2 nitrogen and oxygen atoms in total. The van der Waals surface area contributed by atoms with Crippen LogP contribution in [0.5, 0.6) is 0 Å². The lowest BCUT2D eigenvalue weighted by molar-refractivity contribution is -0.0380. The molecule has 3 atom stereocenters. The number of hydrogen-bond donors (Lipinski definition) is 1. The van der Waals surface area contributed by atoms with Crippen LogP contribution < -0.4 is 5.32 Å². The lowest BCUT2D eigenvalue weighted by Crippen LogP contribution is -2.36. The number of anilines is 1. The molecule has 0 radical (unpaired) electrons. The van der Waals surface area contributed by atoms with E-state index in [0.29, 0.717) is 12.0 Å². The minimum Gasteiger partial charge on any atom is -0.377 e. The van der Waals surface area contributed by atoms with E-state index in [1.807, 2.05) is 12.1 Å². The number of hydrogen-bond acceptors (Lipinski definition) is 2. The molecule has 2 aliphatic rings. The van der Waals surface area contributed by atoms with Gasteiger partial charge in [0.2, 0.25) is 0 Å². The Morgan fingerprint density at radius 2 is 1.90 bits per heavy atom. The summed E-state index contributed by atoms with van der Waals surface area (Å²) in [5.41, 5.74) is 3.57. The summed E-state index contributed by atoms with van der Waals surface area (Å²) in [5.74, 6) is 0.438. The molecule has 2 heterocycles. The predicted octanol–water partition coefficient (Wildman–Crippen LogP) is 4.97. The molecule has 1 N–H and O–H groups in total. The SMILES string of the molecule is Clc1cccc2c1[C@H]1OCCC[C@H]1[C@H](c1ccccc1)N2. The van der Waals surface area contributed by atoms with Crippen molar-refractivity contribution in [3.63, 3.8) is 0 Å². The molecule has 0 aromatic heterocycles. The zero-order chi connectivity index (χ0) is 14.2. The quantitative estimate of drug-likeness (QED) is 0.802. The Labute approximate surface area is 130 Å². The molecule has 2 aromatic carbocycles. The molecule has 0 bridgehead atoms. The van der Waals surface area contributed by atoms with Gasteiger partial charge in [-0.2, -0.15) is 0 Å². The van der Waals surface area contributed by atoms with Gasteiger partial charge in [0.1, 0.15) is 0 Å². The van der Waals surface area contributed by atoms with Gasteiger partial charge in [-0.1, -0.05) is 48.0 Å². The van der Waals surface area contributed by atoms with Gasteiger partial charge in [0.15, 0.2) is 0 Å². The Morgan fingerprint density at radius 3 is 2.76 bits per heavy atom. The zero-order valence-corrected chi connectivity index (χ0v) is 12.5. The second-order valence-electron chi connectivity index (χ2n) is 5.83. The average molecular weight is 300 g/mol. The normalized spacial score (nSPS) is 27.4. The van der Waals surface area contributed by atoms with E-state index < -0.39 is 0 Å². The Morgan fingerprint density at radius 1 is 1.05 bits per heavy atom. The van der Waals surface area contributed by atoms with E-state index in [0.717, 1.165) is 29.3 Å². The Balaban J connectivity index is 1.81. The van der Waals surface area contributed by atoms with E-state index in [1.54, 1.807) is 0 Å². The summed E-state index contributed by atoms with van der Waals surface area (Å²) < 4.78 is 6.12. The number of ether oxygens (including phenoxy) is 1. The fourth-order valence-corrected chi connectivity index (χ4v) is 3.94. The highest BCUT2D eigenvalue weighted by atomic mass is 35.5. The van der Waals surface area contributed by atoms with E-state index in [2.05, 4.69) is 41.7 Å². The monoisotopic (exact) mass is 299 g/mol. The van der Waals surface area contributed by atoms with Crippen molar-refractivity contribution in [1.82, 2.24) is 0 Å². The molecule has 0 saturated carbocycles. The first-order valence-electron chi connectivity index (χ1n) is 7.56. The Bertz CT molecular complexity index is 643. The third-order valence-corrected chi connectivity index (χ3v) is 4.93. The summed E-state index contributed by atoms with van der Waals surface area (Å²) in [6, 6.07) is 17.0. The van der Waals surface area contributed by atoms with Gasteiger partial charge < -0.3 is 10.1 Å². The summed E-state index contributed by atoms with van der Waals surface area (Å²) in [6.07, 6.45) is 2.39. The number of benzene rings is 2. The van der Waals surface area contributed by atoms with Crippen LogP contribution in [0.15, 0.2) is 48.5 Å². The molecule has 21 heavy (non-hydrogen) atoms. The highest BCUT2D eigenvalue weighted by Gasteiger charge is 2.40. The number of fused-ring (bicyclic) bond motifs is 3. The minimum absolute atomic E-state index is 0.105. The van der Waals surface area contributed by atoms with Crippen molar-refractivity contribution in [2.75, 3.05) is 11.9 Å². The second kappa shape index (κ2) is 5.36. The fraction of sp³-hybridized carbons (Fsp3) is 0.333. The molecule has 0 aliphatic carbocycles. The fourth-order valence-electron chi connectivity index (χ4n) is 3.66. The van der Waals surface area contributed by atoms with Gasteiger partial charge in [-0.25, -0.2) is 0 Å². The maximum atomic E-state index is 6.44. The van der Waals surface area contributed by atoms with Gasteiger partial charge in [-0.05, 0) is 30.5 Å². The van der Waals surface area contributed by atoms with Crippen LogP contribution in [0.3, 0.4) is 0 Å². The summed E-state index contributed by atoms with van der Waals surface area (Å²) in [5, 5.41) is 4.50. The molecular formula is C18H18ClNO. The highest BCUT2D eigenvalue weighted by Crippen LogP contribution is 2.50. The van der Waals surface area contributed by atoms with Gasteiger partial charge in [0, 0.05) is 28.8 Å². The van der Waals surface area contributed by atoms with Crippen LogP contribution >= 0.6 is 11.6 Å². The number of nitrogens with one attached hydrogen (secondary N) is 1. The van der Waals surface area contributed by atoms with E-state index in [-0.39, 0.29) is 6.10 Å². The first kappa shape index (κ1) is 13.2. The molecule has 1 saturated heterocycles. The van der Waals surface area contributed by atoms with Crippen molar-refractivity contribution < 1.29 is 4.74 Å². The molecule has 0 spiro atoms. The molecule has 108 valence electrons. The van der Waals surface area contributed by atoms with Gasteiger partial charge in [-0.15, -0.1) is 0 Å². The van der Waals surface area contributed by atoms with Gasteiger partial charge in [-0.3, -0.25) is 0 Å². The van der Waals surface area contributed by atoms with Crippen molar-refractivity contribution in [2.24, 2.45) is 5.92 Å². The van der Waals surface area contributed by atoms with Gasteiger partial charge >= 0.3 is 0 Å². The molecule has 0 amide bonds. The van der Waals surface area contributed by atoms with E-state index in [4.69, 9.17) is 16.3 Å². The molecular weight excluding hydrogens is 282 g/mol. The molecule has 4 rings (SSSR count). The van der Waals surface area contributed by atoms with Crippen LogP contribution in [0.2, 0.25) is 5.02 Å². The highest BCUT2D eigenvalue weighted by molar-refractivity contribution is 6.31. The number of rotatable bonds is 1. The van der Waals surface area contributed by atoms with Crippen molar-refractivity contribution in [1.29, 1.82) is 0 Å². The molecule has 2 aliphatic heterocycles. The van der Waals surface area contributed by atoms with Crippen LogP contribution in [0.1, 0.15) is 36.1 Å².